The third-order valence-corrected chi connectivity index (χ3v) is 7.09. The van der Waals surface area contributed by atoms with E-state index in [-0.39, 0.29) is 23.1 Å². The van der Waals surface area contributed by atoms with Crippen LogP contribution in [0.2, 0.25) is 5.02 Å². The number of fused-ring (bicyclic) bond motifs is 1. The van der Waals surface area contributed by atoms with Gasteiger partial charge in [0.2, 0.25) is 5.91 Å². The number of hydrogen-bond acceptors (Lipinski definition) is 3. The lowest BCUT2D eigenvalue weighted by Gasteiger charge is -2.07. The summed E-state index contributed by atoms with van der Waals surface area (Å²) in [5.41, 5.74) is 2.23. The maximum absolute atomic E-state index is 13.2. The summed E-state index contributed by atoms with van der Waals surface area (Å²) in [4.78, 5) is 12.7. The van der Waals surface area contributed by atoms with Crippen LogP contribution < -0.4 is 5.32 Å². The number of rotatable bonds is 7. The topological polar surface area (TPSA) is 68.2 Å². The normalized spacial score (nSPS) is 11.5. The summed E-state index contributed by atoms with van der Waals surface area (Å²) in [5.74, 6) is -0.402. The van der Waals surface area contributed by atoms with Gasteiger partial charge in [0, 0.05) is 28.7 Å². The predicted molar refractivity (Wildman–Crippen MR) is 123 cm³/mol. The molecule has 0 saturated heterocycles. The van der Waals surface area contributed by atoms with Gasteiger partial charge in [-0.2, -0.15) is 0 Å². The number of nitrogens with one attached hydrogen (secondary N) is 1. The predicted octanol–water partition coefficient (Wildman–Crippen LogP) is 4.59. The largest absolute Gasteiger partial charge is 0.350 e. The third-order valence-electron chi connectivity index (χ3n) is 5.04. The molecule has 0 atom stereocenters. The molecule has 4 rings (SSSR count). The number of halogens is 1. The molecule has 1 amide bonds. The fraction of sp³-hybridized carbons (Fsp3) is 0.125. The summed E-state index contributed by atoms with van der Waals surface area (Å²) in [7, 11) is -3.67. The van der Waals surface area contributed by atoms with Gasteiger partial charge in [-0.05, 0) is 23.3 Å². The SMILES string of the molecule is O=C(Cn1cc(S(=O)(=O)Cc2ccccc2Cl)c2ccccc21)NCc1ccccc1. The van der Waals surface area contributed by atoms with Crippen molar-refractivity contribution in [3.05, 3.63) is 101 Å². The molecule has 1 aromatic heterocycles. The van der Waals surface area contributed by atoms with E-state index >= 15 is 0 Å². The van der Waals surface area contributed by atoms with Crippen molar-refractivity contribution in [3.8, 4) is 0 Å². The van der Waals surface area contributed by atoms with Gasteiger partial charge >= 0.3 is 0 Å². The van der Waals surface area contributed by atoms with Crippen molar-refractivity contribution in [2.45, 2.75) is 23.7 Å². The van der Waals surface area contributed by atoms with Crippen molar-refractivity contribution in [2.24, 2.45) is 0 Å². The zero-order valence-electron chi connectivity index (χ0n) is 16.7. The minimum atomic E-state index is -3.67. The quantitative estimate of drug-likeness (QED) is 0.446. The molecule has 158 valence electrons. The van der Waals surface area contributed by atoms with Gasteiger partial charge in [-0.3, -0.25) is 4.79 Å². The second-order valence-electron chi connectivity index (χ2n) is 7.25. The first kappa shape index (κ1) is 21.2. The molecule has 0 aliphatic carbocycles. The summed E-state index contributed by atoms with van der Waals surface area (Å²) < 4.78 is 28.1. The number of carbonyl (C=O) groups is 1. The highest BCUT2D eigenvalue weighted by Gasteiger charge is 2.23. The maximum atomic E-state index is 13.2. The van der Waals surface area contributed by atoms with E-state index in [1.807, 2.05) is 42.5 Å². The summed E-state index contributed by atoms with van der Waals surface area (Å²) >= 11 is 6.17. The summed E-state index contributed by atoms with van der Waals surface area (Å²) in [6.45, 7) is 0.436. The maximum Gasteiger partial charge on any atom is 0.240 e. The molecule has 0 aliphatic heterocycles. The number of nitrogens with zero attached hydrogens (tertiary/aromatic N) is 1. The Balaban J connectivity index is 1.60. The van der Waals surface area contributed by atoms with Crippen LogP contribution in [0.1, 0.15) is 11.1 Å². The van der Waals surface area contributed by atoms with Crippen LogP contribution in [0.4, 0.5) is 0 Å². The summed E-state index contributed by atoms with van der Waals surface area (Å²) in [5, 5.41) is 3.88. The minimum absolute atomic E-state index is 0.0228. The average Bonchev–Trinajstić information content (AvgIpc) is 3.14. The van der Waals surface area contributed by atoms with Crippen molar-refractivity contribution >= 4 is 38.2 Å². The van der Waals surface area contributed by atoms with Crippen molar-refractivity contribution < 1.29 is 13.2 Å². The molecule has 31 heavy (non-hydrogen) atoms. The number of aromatic nitrogens is 1. The number of carbonyl (C=O) groups excluding carboxylic acids is 1. The molecule has 0 fully saturated rings. The summed E-state index contributed by atoms with van der Waals surface area (Å²) in [6.07, 6.45) is 1.54. The highest BCUT2D eigenvalue weighted by atomic mass is 35.5. The molecule has 3 aromatic carbocycles. The zero-order valence-corrected chi connectivity index (χ0v) is 18.2. The zero-order chi connectivity index (χ0) is 21.8. The monoisotopic (exact) mass is 452 g/mol. The van der Waals surface area contributed by atoms with Crippen LogP contribution in [-0.2, 0) is 33.5 Å². The fourth-order valence-electron chi connectivity index (χ4n) is 3.50. The molecule has 0 bridgehead atoms. The van der Waals surface area contributed by atoms with Crippen LogP contribution in [0.15, 0.2) is 90.0 Å². The Morgan fingerprint density at radius 3 is 2.35 bits per heavy atom. The van der Waals surface area contributed by atoms with Gasteiger partial charge < -0.3 is 9.88 Å². The van der Waals surface area contributed by atoms with Crippen LogP contribution >= 0.6 is 11.6 Å². The number of benzene rings is 3. The number of sulfone groups is 1. The Morgan fingerprint density at radius 2 is 1.58 bits per heavy atom. The second kappa shape index (κ2) is 8.96. The van der Waals surface area contributed by atoms with E-state index in [4.69, 9.17) is 11.6 Å². The fourth-order valence-corrected chi connectivity index (χ4v) is 5.39. The Labute approximate surface area is 186 Å². The Kier molecular flexibility index (Phi) is 6.11. The number of amides is 1. The molecule has 0 radical (unpaired) electrons. The van der Waals surface area contributed by atoms with Crippen LogP contribution in [0.25, 0.3) is 10.9 Å². The van der Waals surface area contributed by atoms with Crippen LogP contribution in [-0.4, -0.2) is 18.9 Å². The van der Waals surface area contributed by atoms with Gasteiger partial charge in [0.1, 0.15) is 6.54 Å². The molecule has 0 spiro atoms. The highest BCUT2D eigenvalue weighted by molar-refractivity contribution is 7.90. The Hall–Kier alpha value is -3.09. The van der Waals surface area contributed by atoms with Crippen LogP contribution in [0.3, 0.4) is 0 Å². The molecule has 0 saturated carbocycles. The van der Waals surface area contributed by atoms with Gasteiger partial charge in [0.25, 0.3) is 0 Å². The van der Waals surface area contributed by atoms with E-state index in [1.165, 1.54) is 0 Å². The summed E-state index contributed by atoms with van der Waals surface area (Å²) in [6, 6.07) is 23.7. The highest BCUT2D eigenvalue weighted by Crippen LogP contribution is 2.29. The van der Waals surface area contributed by atoms with E-state index < -0.39 is 9.84 Å². The van der Waals surface area contributed by atoms with E-state index in [2.05, 4.69) is 5.32 Å². The average molecular weight is 453 g/mol. The molecule has 1 heterocycles. The van der Waals surface area contributed by atoms with Crippen molar-refractivity contribution in [2.75, 3.05) is 0 Å². The smallest absolute Gasteiger partial charge is 0.240 e. The minimum Gasteiger partial charge on any atom is -0.350 e. The number of hydrogen-bond donors (Lipinski definition) is 1. The number of para-hydroxylation sites is 1. The van der Waals surface area contributed by atoms with Gasteiger partial charge in [-0.1, -0.05) is 78.3 Å². The molecule has 1 N–H and O–H groups in total. The second-order valence-corrected chi connectivity index (χ2v) is 9.62. The van der Waals surface area contributed by atoms with E-state index in [0.29, 0.717) is 28.0 Å². The molecule has 7 heteroatoms. The lowest BCUT2D eigenvalue weighted by molar-refractivity contribution is -0.121. The lowest BCUT2D eigenvalue weighted by atomic mass is 10.2. The molecular formula is C24H21ClN2O3S. The standard InChI is InChI=1S/C24H21ClN2O3S/c25-21-12-6-4-10-19(21)17-31(29,30)23-15-27(22-13-7-5-11-20(22)23)16-24(28)26-14-18-8-2-1-3-9-18/h1-13,15H,14,16-17H2,(H,26,28). The molecular weight excluding hydrogens is 432 g/mol. The van der Waals surface area contributed by atoms with Crippen LogP contribution in [0, 0.1) is 0 Å². The van der Waals surface area contributed by atoms with Gasteiger partial charge in [0.15, 0.2) is 9.84 Å². The first-order chi connectivity index (χ1) is 14.9. The molecule has 0 unspecified atom stereocenters. The van der Waals surface area contributed by atoms with E-state index in [1.54, 1.807) is 47.2 Å². The van der Waals surface area contributed by atoms with Crippen LogP contribution in [0.5, 0.6) is 0 Å². The van der Waals surface area contributed by atoms with Crippen molar-refractivity contribution in [1.29, 1.82) is 0 Å². The first-order valence-electron chi connectivity index (χ1n) is 9.79. The van der Waals surface area contributed by atoms with Crippen molar-refractivity contribution in [3.63, 3.8) is 0 Å². The van der Waals surface area contributed by atoms with Gasteiger partial charge in [-0.25, -0.2) is 8.42 Å². The first-order valence-corrected chi connectivity index (χ1v) is 11.8. The Morgan fingerprint density at radius 1 is 0.903 bits per heavy atom. The third kappa shape index (κ3) is 4.81. The lowest BCUT2D eigenvalue weighted by Crippen LogP contribution is -2.26. The van der Waals surface area contributed by atoms with Gasteiger partial charge in [-0.15, -0.1) is 0 Å². The van der Waals surface area contributed by atoms with Crippen molar-refractivity contribution in [1.82, 2.24) is 9.88 Å². The molecule has 0 aliphatic rings. The van der Waals surface area contributed by atoms with E-state index in [9.17, 15) is 13.2 Å². The molecule has 4 aromatic rings. The Bertz CT molecular complexity index is 1330. The van der Waals surface area contributed by atoms with Gasteiger partial charge in [0.05, 0.1) is 10.6 Å². The molecule has 5 nitrogen and oxygen atoms in total. The van der Waals surface area contributed by atoms with E-state index in [0.717, 1.165) is 5.56 Å².